The van der Waals surface area contributed by atoms with Crippen molar-refractivity contribution >= 4 is 5.91 Å². The summed E-state index contributed by atoms with van der Waals surface area (Å²) in [5, 5.41) is 11.5. The van der Waals surface area contributed by atoms with Gasteiger partial charge in [0.25, 0.3) is 0 Å². The van der Waals surface area contributed by atoms with E-state index in [1.807, 2.05) is 18.0 Å². The summed E-state index contributed by atoms with van der Waals surface area (Å²) in [4.78, 5) is 14.3. The van der Waals surface area contributed by atoms with Crippen molar-refractivity contribution in [3.05, 3.63) is 47.5 Å². The van der Waals surface area contributed by atoms with Crippen molar-refractivity contribution in [2.75, 3.05) is 7.05 Å². The molecule has 4 aliphatic rings. The molecule has 3 saturated carbocycles. The topological polar surface area (TPSA) is 40.5 Å². The zero-order valence-corrected chi connectivity index (χ0v) is 19.0. The SMILES string of the molecule is Cc1ccccc1CC1C[C@H]2[C@@H]3CC[C@H]4N(C)C(=O)C=C[C@]4(C)[C@H]3CC[C@]2(C)[C@H]1O. The minimum atomic E-state index is -0.209. The zero-order chi connectivity index (χ0) is 21.3. The molecule has 1 aromatic carbocycles. The number of carbonyl (C=O) groups is 1. The molecule has 8 atom stereocenters. The second-order valence-corrected chi connectivity index (χ2v) is 11.2. The molecule has 0 saturated heterocycles. The lowest BCUT2D eigenvalue weighted by Gasteiger charge is -2.60. The van der Waals surface area contributed by atoms with E-state index in [0.29, 0.717) is 29.7 Å². The molecule has 5 rings (SSSR count). The van der Waals surface area contributed by atoms with Gasteiger partial charge in [0.1, 0.15) is 0 Å². The first-order valence-corrected chi connectivity index (χ1v) is 11.9. The summed E-state index contributed by atoms with van der Waals surface area (Å²) in [6.45, 7) is 6.96. The van der Waals surface area contributed by atoms with Crippen LogP contribution in [0, 0.1) is 41.4 Å². The van der Waals surface area contributed by atoms with Crippen molar-refractivity contribution in [1.29, 1.82) is 0 Å². The number of nitrogens with zero attached hydrogens (tertiary/aromatic N) is 1. The highest BCUT2D eigenvalue weighted by Gasteiger charge is 2.62. The molecule has 0 bridgehead atoms. The molecule has 1 heterocycles. The van der Waals surface area contributed by atoms with E-state index in [2.05, 4.69) is 51.1 Å². The van der Waals surface area contributed by atoms with E-state index in [4.69, 9.17) is 0 Å². The molecule has 1 aliphatic heterocycles. The molecule has 1 N–H and O–H groups in total. The molecule has 162 valence electrons. The van der Waals surface area contributed by atoms with Gasteiger partial charge >= 0.3 is 0 Å². The summed E-state index contributed by atoms with van der Waals surface area (Å²) in [5.74, 6) is 2.38. The van der Waals surface area contributed by atoms with Gasteiger partial charge in [0.15, 0.2) is 0 Å². The van der Waals surface area contributed by atoms with Crippen molar-refractivity contribution in [3.8, 4) is 0 Å². The van der Waals surface area contributed by atoms with E-state index >= 15 is 0 Å². The minimum absolute atomic E-state index is 0.0395. The number of hydrogen-bond acceptors (Lipinski definition) is 2. The average molecular weight is 408 g/mol. The summed E-state index contributed by atoms with van der Waals surface area (Å²) < 4.78 is 0. The number of fused-ring (bicyclic) bond motifs is 5. The summed E-state index contributed by atoms with van der Waals surface area (Å²) in [6, 6.07) is 8.99. The Morgan fingerprint density at radius 2 is 1.90 bits per heavy atom. The molecule has 3 heteroatoms. The molecule has 3 nitrogen and oxygen atoms in total. The fraction of sp³-hybridized carbons (Fsp3) is 0.667. The van der Waals surface area contributed by atoms with Gasteiger partial charge in [0.2, 0.25) is 5.91 Å². The Bertz CT molecular complexity index is 877. The van der Waals surface area contributed by atoms with Gasteiger partial charge in [-0.15, -0.1) is 0 Å². The van der Waals surface area contributed by atoms with Crippen LogP contribution in [0.5, 0.6) is 0 Å². The lowest BCUT2D eigenvalue weighted by Crippen LogP contribution is -2.59. The largest absolute Gasteiger partial charge is 0.392 e. The standard InChI is InChI=1S/C27H37NO2/c1-17-7-5-6-8-18(17)15-19-16-22-20-9-10-23-26(2,14-12-24(29)28(23)4)21(20)11-13-27(22,3)25(19)30/h5-8,12,14,19-23,25,30H,9-11,13,15-16H2,1-4H3/t19?,20-,21+,22+,23-,25+,26-,27+/m1/s1. The Hall–Kier alpha value is -1.61. The fourth-order valence-corrected chi connectivity index (χ4v) is 8.21. The number of hydrogen-bond donors (Lipinski definition) is 1. The van der Waals surface area contributed by atoms with Gasteiger partial charge in [-0.25, -0.2) is 0 Å². The van der Waals surface area contributed by atoms with E-state index in [1.54, 1.807) is 0 Å². The number of rotatable bonds is 2. The van der Waals surface area contributed by atoms with Crippen LogP contribution in [0.15, 0.2) is 36.4 Å². The molecule has 3 fully saturated rings. The van der Waals surface area contributed by atoms with Gasteiger partial charge in [-0.05, 0) is 91.7 Å². The summed E-state index contributed by atoms with van der Waals surface area (Å²) in [6.07, 6.45) is 10.6. The van der Waals surface area contributed by atoms with Crippen LogP contribution in [0.3, 0.4) is 0 Å². The highest BCUT2D eigenvalue weighted by atomic mass is 16.3. The zero-order valence-electron chi connectivity index (χ0n) is 19.0. The molecule has 3 aliphatic carbocycles. The van der Waals surface area contributed by atoms with Crippen LogP contribution in [-0.2, 0) is 11.2 Å². The van der Waals surface area contributed by atoms with Crippen molar-refractivity contribution in [1.82, 2.24) is 4.90 Å². The molecule has 1 aromatic rings. The number of carbonyl (C=O) groups excluding carboxylic acids is 1. The first kappa shape index (κ1) is 20.3. The molecule has 0 spiro atoms. The van der Waals surface area contributed by atoms with Crippen LogP contribution in [0.1, 0.15) is 57.1 Å². The lowest BCUT2D eigenvalue weighted by atomic mass is 9.48. The summed E-state index contributed by atoms with van der Waals surface area (Å²) in [5.41, 5.74) is 2.85. The first-order valence-electron chi connectivity index (χ1n) is 11.9. The Kier molecular flexibility index (Phi) is 4.70. The third-order valence-corrected chi connectivity index (χ3v) is 9.99. The third-order valence-electron chi connectivity index (χ3n) is 9.99. The molecule has 1 amide bonds. The van der Waals surface area contributed by atoms with E-state index < -0.39 is 0 Å². The smallest absolute Gasteiger partial charge is 0.246 e. The predicted molar refractivity (Wildman–Crippen MR) is 120 cm³/mol. The van der Waals surface area contributed by atoms with Crippen LogP contribution in [0.25, 0.3) is 0 Å². The number of aryl methyl sites for hydroxylation is 1. The van der Waals surface area contributed by atoms with E-state index in [9.17, 15) is 9.90 Å². The van der Waals surface area contributed by atoms with Gasteiger partial charge in [-0.2, -0.15) is 0 Å². The number of aliphatic hydroxyl groups excluding tert-OH is 1. The van der Waals surface area contributed by atoms with Crippen molar-refractivity contribution in [2.45, 2.75) is 71.4 Å². The Balaban J connectivity index is 1.43. The Labute approximate surface area is 181 Å². The molecular formula is C27H37NO2. The van der Waals surface area contributed by atoms with Crippen molar-refractivity contribution in [3.63, 3.8) is 0 Å². The van der Waals surface area contributed by atoms with Crippen LogP contribution in [-0.4, -0.2) is 35.1 Å². The van der Waals surface area contributed by atoms with E-state index in [-0.39, 0.29) is 22.8 Å². The van der Waals surface area contributed by atoms with Crippen molar-refractivity contribution < 1.29 is 9.90 Å². The minimum Gasteiger partial charge on any atom is -0.392 e. The Morgan fingerprint density at radius 1 is 1.13 bits per heavy atom. The first-order chi connectivity index (χ1) is 14.3. The highest BCUT2D eigenvalue weighted by molar-refractivity contribution is 5.89. The number of likely N-dealkylation sites (N-methyl/N-ethyl adjacent to an activating group) is 1. The molecule has 1 unspecified atom stereocenters. The summed E-state index contributed by atoms with van der Waals surface area (Å²) >= 11 is 0. The molecular weight excluding hydrogens is 370 g/mol. The van der Waals surface area contributed by atoms with Crippen LogP contribution in [0.4, 0.5) is 0 Å². The van der Waals surface area contributed by atoms with Gasteiger partial charge in [-0.3, -0.25) is 4.79 Å². The van der Waals surface area contributed by atoms with Crippen LogP contribution >= 0.6 is 0 Å². The number of aliphatic hydroxyl groups is 1. The predicted octanol–water partition coefficient (Wildman–Crippen LogP) is 4.76. The average Bonchev–Trinajstić information content (AvgIpc) is 2.98. The highest BCUT2D eigenvalue weighted by Crippen LogP contribution is 2.65. The van der Waals surface area contributed by atoms with Gasteiger partial charge < -0.3 is 10.0 Å². The number of benzene rings is 1. The quantitative estimate of drug-likeness (QED) is 0.768. The van der Waals surface area contributed by atoms with Crippen molar-refractivity contribution in [2.24, 2.45) is 34.5 Å². The maximum atomic E-state index is 12.3. The van der Waals surface area contributed by atoms with Gasteiger partial charge in [0.05, 0.1) is 6.10 Å². The second-order valence-electron chi connectivity index (χ2n) is 11.2. The monoisotopic (exact) mass is 407 g/mol. The molecule has 0 radical (unpaired) electrons. The van der Waals surface area contributed by atoms with Crippen LogP contribution in [0.2, 0.25) is 0 Å². The summed E-state index contributed by atoms with van der Waals surface area (Å²) in [7, 11) is 1.99. The lowest BCUT2D eigenvalue weighted by molar-refractivity contribution is -0.140. The molecule has 0 aromatic heterocycles. The third kappa shape index (κ3) is 2.77. The Morgan fingerprint density at radius 3 is 2.67 bits per heavy atom. The maximum Gasteiger partial charge on any atom is 0.246 e. The second kappa shape index (κ2) is 6.95. The normalized spacial score (nSPS) is 45.1. The van der Waals surface area contributed by atoms with Crippen LogP contribution < -0.4 is 0 Å². The van der Waals surface area contributed by atoms with Gasteiger partial charge in [-0.1, -0.05) is 44.2 Å². The van der Waals surface area contributed by atoms with Gasteiger partial charge in [0, 0.05) is 18.5 Å². The maximum absolute atomic E-state index is 12.3. The van der Waals surface area contributed by atoms with E-state index in [1.165, 1.54) is 24.0 Å². The molecule has 30 heavy (non-hydrogen) atoms. The fourth-order valence-electron chi connectivity index (χ4n) is 8.21. The number of amides is 1. The van der Waals surface area contributed by atoms with E-state index in [0.717, 1.165) is 25.7 Å².